The van der Waals surface area contributed by atoms with Gasteiger partial charge >= 0.3 is 0 Å². The lowest BCUT2D eigenvalue weighted by Gasteiger charge is -2.27. The highest BCUT2D eigenvalue weighted by Crippen LogP contribution is 2.35. The lowest BCUT2D eigenvalue weighted by atomic mass is 9.93. The normalized spacial score (nSPS) is 13.1. The Morgan fingerprint density at radius 3 is 2.41 bits per heavy atom. The molecule has 0 aliphatic carbocycles. The van der Waals surface area contributed by atoms with Gasteiger partial charge < -0.3 is 9.47 Å². The van der Waals surface area contributed by atoms with E-state index in [1.807, 2.05) is 0 Å². The Bertz CT molecular complexity index is 905. The smallest absolute Gasteiger partial charge is 0.261 e. The maximum atomic E-state index is 12.8. The van der Waals surface area contributed by atoms with Crippen LogP contribution in [0.5, 0.6) is 0 Å². The van der Waals surface area contributed by atoms with Crippen molar-refractivity contribution in [2.45, 2.75) is 0 Å². The highest BCUT2D eigenvalue weighted by atomic mass is 32.1. The van der Waals surface area contributed by atoms with Crippen molar-refractivity contribution < 1.29 is 19.1 Å². The van der Waals surface area contributed by atoms with E-state index in [0.29, 0.717) is 53.2 Å². The summed E-state index contributed by atoms with van der Waals surface area (Å²) in [5.41, 5.74) is 9.92. The third kappa shape index (κ3) is 3.91. The summed E-state index contributed by atoms with van der Waals surface area (Å²) in [5, 5.41) is 4.75. The van der Waals surface area contributed by atoms with Gasteiger partial charge in [-0.3, -0.25) is 14.5 Å². The van der Waals surface area contributed by atoms with Crippen LogP contribution >= 0.6 is 12.6 Å². The SMILES string of the molecule is [N-]=[N+]=Nc1ccc2c3c(cccc13)C(=O)N(CCOCCOCCS)C2=O. The summed E-state index contributed by atoms with van der Waals surface area (Å²) in [6.45, 7) is 1.74. The van der Waals surface area contributed by atoms with E-state index in [2.05, 4.69) is 22.7 Å². The molecule has 0 fully saturated rings. The van der Waals surface area contributed by atoms with Gasteiger partial charge in [-0.15, -0.1) is 0 Å². The van der Waals surface area contributed by atoms with E-state index in [0.717, 1.165) is 0 Å². The van der Waals surface area contributed by atoms with Crippen molar-refractivity contribution in [3.05, 3.63) is 51.9 Å². The van der Waals surface area contributed by atoms with E-state index in [1.54, 1.807) is 30.3 Å². The third-order valence-electron chi connectivity index (χ3n) is 4.19. The Labute approximate surface area is 161 Å². The van der Waals surface area contributed by atoms with Gasteiger partial charge in [0.05, 0.1) is 33.0 Å². The molecular formula is C18H18N4O4S. The molecule has 9 heteroatoms. The molecule has 0 saturated carbocycles. The molecule has 140 valence electrons. The van der Waals surface area contributed by atoms with Crippen LogP contribution in [0.15, 0.2) is 35.4 Å². The third-order valence-corrected chi connectivity index (χ3v) is 4.37. The topological polar surface area (TPSA) is 105 Å². The number of nitrogens with zero attached hydrogens (tertiary/aromatic N) is 4. The highest BCUT2D eigenvalue weighted by molar-refractivity contribution is 7.80. The van der Waals surface area contributed by atoms with Crippen LogP contribution < -0.4 is 0 Å². The van der Waals surface area contributed by atoms with Crippen molar-refractivity contribution in [2.75, 3.05) is 38.7 Å². The van der Waals surface area contributed by atoms with E-state index in [-0.39, 0.29) is 25.0 Å². The molecule has 0 bridgehead atoms. The lowest BCUT2D eigenvalue weighted by Crippen LogP contribution is -2.42. The lowest BCUT2D eigenvalue weighted by molar-refractivity contribution is 0.0368. The minimum Gasteiger partial charge on any atom is -0.378 e. The molecule has 2 amide bonds. The molecule has 0 unspecified atom stereocenters. The van der Waals surface area contributed by atoms with Crippen LogP contribution in [0, 0.1) is 0 Å². The molecule has 1 heterocycles. The van der Waals surface area contributed by atoms with Gasteiger partial charge in [0.25, 0.3) is 11.8 Å². The Kier molecular flexibility index (Phi) is 6.31. The van der Waals surface area contributed by atoms with Crippen LogP contribution in [-0.4, -0.2) is 55.4 Å². The molecular weight excluding hydrogens is 368 g/mol. The fourth-order valence-corrected chi connectivity index (χ4v) is 3.14. The molecule has 0 N–H and O–H groups in total. The number of carbonyl (C=O) groups is 2. The number of thiol groups is 1. The number of imide groups is 1. The van der Waals surface area contributed by atoms with Crippen LogP contribution in [-0.2, 0) is 9.47 Å². The molecule has 0 radical (unpaired) electrons. The summed E-state index contributed by atoms with van der Waals surface area (Å²) in [7, 11) is 0. The molecule has 2 aromatic carbocycles. The van der Waals surface area contributed by atoms with E-state index >= 15 is 0 Å². The molecule has 0 atom stereocenters. The van der Waals surface area contributed by atoms with Crippen LogP contribution in [0.4, 0.5) is 5.69 Å². The second-order valence-electron chi connectivity index (χ2n) is 5.76. The number of amides is 2. The van der Waals surface area contributed by atoms with Crippen LogP contribution in [0.25, 0.3) is 21.2 Å². The summed E-state index contributed by atoms with van der Waals surface area (Å²) < 4.78 is 10.7. The van der Waals surface area contributed by atoms with Gasteiger partial charge in [-0.2, -0.15) is 12.6 Å². The molecule has 1 aliphatic rings. The maximum absolute atomic E-state index is 12.8. The Balaban J connectivity index is 1.78. The predicted molar refractivity (Wildman–Crippen MR) is 104 cm³/mol. The van der Waals surface area contributed by atoms with Gasteiger partial charge in [-0.25, -0.2) is 0 Å². The van der Waals surface area contributed by atoms with Crippen molar-refractivity contribution in [1.82, 2.24) is 4.90 Å². The van der Waals surface area contributed by atoms with E-state index in [1.165, 1.54) is 4.90 Å². The first-order chi connectivity index (χ1) is 13.2. The van der Waals surface area contributed by atoms with Crippen LogP contribution in [0.3, 0.4) is 0 Å². The van der Waals surface area contributed by atoms with Crippen LogP contribution in [0.2, 0.25) is 0 Å². The molecule has 1 aliphatic heterocycles. The number of azide groups is 1. The number of hydrogen-bond acceptors (Lipinski definition) is 6. The molecule has 2 aromatic rings. The second kappa shape index (κ2) is 8.88. The first kappa shape index (κ1) is 19.2. The predicted octanol–water partition coefficient (Wildman–Crippen LogP) is 3.34. The van der Waals surface area contributed by atoms with E-state index in [9.17, 15) is 9.59 Å². The molecule has 8 nitrogen and oxygen atoms in total. The quantitative estimate of drug-likeness (QED) is 0.178. The second-order valence-corrected chi connectivity index (χ2v) is 6.21. The Morgan fingerprint density at radius 1 is 1.00 bits per heavy atom. The Hall–Kier alpha value is -2.58. The van der Waals surface area contributed by atoms with E-state index < -0.39 is 0 Å². The summed E-state index contributed by atoms with van der Waals surface area (Å²) in [5.74, 6) is -0.124. The number of benzene rings is 2. The molecule has 27 heavy (non-hydrogen) atoms. The summed E-state index contributed by atoms with van der Waals surface area (Å²) in [6.07, 6.45) is 0. The van der Waals surface area contributed by atoms with Gasteiger partial charge in [0.15, 0.2) is 0 Å². The van der Waals surface area contributed by atoms with Crippen molar-refractivity contribution >= 4 is 40.9 Å². The van der Waals surface area contributed by atoms with Gasteiger partial charge in [-0.1, -0.05) is 23.3 Å². The fraction of sp³-hybridized carbons (Fsp3) is 0.333. The van der Waals surface area contributed by atoms with Gasteiger partial charge in [0.2, 0.25) is 0 Å². The molecule has 0 spiro atoms. The Morgan fingerprint density at radius 2 is 1.70 bits per heavy atom. The number of rotatable bonds is 9. The van der Waals surface area contributed by atoms with Gasteiger partial charge in [-0.05, 0) is 23.1 Å². The van der Waals surface area contributed by atoms with Gasteiger partial charge in [0, 0.05) is 32.9 Å². The molecule has 3 rings (SSSR count). The zero-order valence-electron chi connectivity index (χ0n) is 14.5. The number of hydrogen-bond donors (Lipinski definition) is 1. The standard InChI is InChI=1S/C18H18N4O4S/c19-21-20-15-5-4-14-16-12(15)2-1-3-13(16)17(23)22(18(14)24)6-7-25-8-9-26-10-11-27/h1-5,27H,6-11H2. The number of ether oxygens (including phenoxy) is 2. The first-order valence-corrected chi connectivity index (χ1v) is 9.05. The average molecular weight is 386 g/mol. The zero-order chi connectivity index (χ0) is 19.2. The van der Waals surface area contributed by atoms with E-state index in [4.69, 9.17) is 15.0 Å². The number of carbonyl (C=O) groups excluding carboxylic acids is 2. The van der Waals surface area contributed by atoms with Crippen molar-refractivity contribution in [3.63, 3.8) is 0 Å². The van der Waals surface area contributed by atoms with Crippen molar-refractivity contribution in [3.8, 4) is 0 Å². The zero-order valence-corrected chi connectivity index (χ0v) is 15.4. The first-order valence-electron chi connectivity index (χ1n) is 8.42. The monoisotopic (exact) mass is 386 g/mol. The largest absolute Gasteiger partial charge is 0.378 e. The minimum atomic E-state index is -0.383. The summed E-state index contributed by atoms with van der Waals surface area (Å²) in [4.78, 5) is 29.6. The summed E-state index contributed by atoms with van der Waals surface area (Å²) >= 11 is 4.04. The fourth-order valence-electron chi connectivity index (χ4n) is 3.01. The minimum absolute atomic E-state index is 0.151. The summed E-state index contributed by atoms with van der Waals surface area (Å²) in [6, 6.07) is 8.28. The van der Waals surface area contributed by atoms with Crippen molar-refractivity contribution in [2.24, 2.45) is 5.11 Å². The highest BCUT2D eigenvalue weighted by Gasteiger charge is 2.32. The van der Waals surface area contributed by atoms with Crippen molar-refractivity contribution in [1.29, 1.82) is 0 Å². The molecule has 0 saturated heterocycles. The average Bonchev–Trinajstić information content (AvgIpc) is 2.68. The maximum Gasteiger partial charge on any atom is 0.261 e. The molecule has 0 aromatic heterocycles. The van der Waals surface area contributed by atoms with Gasteiger partial charge in [0.1, 0.15) is 0 Å². The van der Waals surface area contributed by atoms with Crippen LogP contribution in [0.1, 0.15) is 20.7 Å².